The van der Waals surface area contributed by atoms with Crippen molar-refractivity contribution in [2.75, 3.05) is 18.7 Å². The van der Waals surface area contributed by atoms with Crippen LogP contribution in [0.3, 0.4) is 0 Å². The van der Waals surface area contributed by atoms with Crippen molar-refractivity contribution >= 4 is 33.0 Å². The van der Waals surface area contributed by atoms with Gasteiger partial charge < -0.3 is 10.1 Å². The highest BCUT2D eigenvalue weighted by Gasteiger charge is 2.16. The number of aromatic nitrogens is 1. The Morgan fingerprint density at radius 3 is 2.63 bits per heavy atom. The molecule has 156 valence electrons. The first-order valence-corrected chi connectivity index (χ1v) is 11.2. The second-order valence-corrected chi connectivity index (χ2v) is 9.21. The van der Waals surface area contributed by atoms with Crippen molar-refractivity contribution in [3.63, 3.8) is 0 Å². The first kappa shape index (κ1) is 21.7. The zero-order valence-corrected chi connectivity index (χ0v) is 17.7. The predicted molar refractivity (Wildman–Crippen MR) is 114 cm³/mol. The van der Waals surface area contributed by atoms with Gasteiger partial charge >= 0.3 is 0 Å². The average molecular weight is 449 g/mol. The summed E-state index contributed by atoms with van der Waals surface area (Å²) in [5.74, 6) is -0.885. The molecule has 0 spiro atoms. The van der Waals surface area contributed by atoms with E-state index in [1.807, 2.05) is 0 Å². The monoisotopic (exact) mass is 448 g/mol. The van der Waals surface area contributed by atoms with Crippen LogP contribution in [0.25, 0.3) is 11.1 Å². The van der Waals surface area contributed by atoms with Gasteiger partial charge in [0.15, 0.2) is 9.84 Å². The van der Waals surface area contributed by atoms with Crippen LogP contribution >= 0.6 is 11.6 Å². The van der Waals surface area contributed by atoms with Gasteiger partial charge in [0.1, 0.15) is 11.6 Å². The number of anilines is 1. The van der Waals surface area contributed by atoms with Gasteiger partial charge in [-0.15, -0.1) is 0 Å². The summed E-state index contributed by atoms with van der Waals surface area (Å²) in [6.07, 6.45) is 4.10. The highest BCUT2D eigenvalue weighted by Crippen LogP contribution is 2.35. The fraction of sp³-hybridized carbons (Fsp3) is 0.143. The molecule has 0 saturated heterocycles. The lowest BCUT2D eigenvalue weighted by atomic mass is 10.0. The Hall–Kier alpha value is -2.97. The zero-order chi connectivity index (χ0) is 21.9. The molecule has 1 aromatic heterocycles. The number of pyridine rings is 1. The van der Waals surface area contributed by atoms with E-state index in [0.717, 1.165) is 6.26 Å². The van der Waals surface area contributed by atoms with Gasteiger partial charge in [-0.05, 0) is 42.0 Å². The lowest BCUT2D eigenvalue weighted by Crippen LogP contribution is -2.14. The van der Waals surface area contributed by atoms with Crippen LogP contribution in [0.15, 0.2) is 54.9 Å². The zero-order valence-electron chi connectivity index (χ0n) is 16.1. The lowest BCUT2D eigenvalue weighted by Gasteiger charge is -2.14. The van der Waals surface area contributed by atoms with Gasteiger partial charge in [-0.25, -0.2) is 12.8 Å². The Labute approximate surface area is 178 Å². The molecule has 6 nitrogen and oxygen atoms in total. The molecule has 0 fully saturated rings. The molecule has 0 atom stereocenters. The summed E-state index contributed by atoms with van der Waals surface area (Å²) in [5.41, 5.74) is 2.12. The van der Waals surface area contributed by atoms with Gasteiger partial charge in [0.2, 0.25) is 0 Å². The van der Waals surface area contributed by atoms with E-state index in [0.29, 0.717) is 28.1 Å². The first-order valence-electron chi connectivity index (χ1n) is 8.73. The minimum absolute atomic E-state index is 0.196. The molecule has 3 rings (SSSR count). The normalized spacial score (nSPS) is 11.2. The Kier molecular flexibility index (Phi) is 6.38. The summed E-state index contributed by atoms with van der Waals surface area (Å²) in [6.45, 7) is 0. The molecular weight excluding hydrogens is 431 g/mol. The summed E-state index contributed by atoms with van der Waals surface area (Å²) >= 11 is 6.07. The third-order valence-corrected chi connectivity index (χ3v) is 5.25. The number of sulfone groups is 1. The van der Waals surface area contributed by atoms with Crippen LogP contribution in [0.1, 0.15) is 15.9 Å². The Balaban J connectivity index is 1.96. The summed E-state index contributed by atoms with van der Waals surface area (Å²) in [7, 11) is -1.87. The van der Waals surface area contributed by atoms with Crippen LogP contribution in [0.5, 0.6) is 5.75 Å². The Morgan fingerprint density at radius 2 is 1.93 bits per heavy atom. The summed E-state index contributed by atoms with van der Waals surface area (Å²) in [5, 5.41) is 2.99. The highest BCUT2D eigenvalue weighted by molar-refractivity contribution is 7.89. The summed E-state index contributed by atoms with van der Waals surface area (Å²) in [6, 6.07) is 10.2. The van der Waals surface area contributed by atoms with Crippen molar-refractivity contribution in [1.29, 1.82) is 0 Å². The van der Waals surface area contributed by atoms with Crippen LogP contribution in [-0.4, -0.2) is 32.7 Å². The molecule has 0 aliphatic rings. The molecule has 0 unspecified atom stereocenters. The molecule has 0 radical (unpaired) electrons. The number of amides is 1. The van der Waals surface area contributed by atoms with Gasteiger partial charge in [0, 0.05) is 40.2 Å². The summed E-state index contributed by atoms with van der Waals surface area (Å²) < 4.78 is 42.0. The number of benzene rings is 2. The molecule has 0 aliphatic carbocycles. The smallest absolute Gasteiger partial charge is 0.255 e. The second kappa shape index (κ2) is 8.81. The largest absolute Gasteiger partial charge is 0.496 e. The third kappa shape index (κ3) is 5.34. The molecule has 1 amide bonds. The molecule has 30 heavy (non-hydrogen) atoms. The minimum Gasteiger partial charge on any atom is -0.496 e. The van der Waals surface area contributed by atoms with E-state index in [2.05, 4.69) is 10.3 Å². The SMILES string of the molecule is COc1cc(F)ccc1-c1ccncc1NC(=O)c1cc(Cl)cc(CS(C)(=O)=O)c1. The Morgan fingerprint density at radius 1 is 1.17 bits per heavy atom. The van der Waals surface area contributed by atoms with E-state index >= 15 is 0 Å². The van der Waals surface area contributed by atoms with Crippen molar-refractivity contribution < 1.29 is 22.3 Å². The van der Waals surface area contributed by atoms with E-state index in [9.17, 15) is 17.6 Å². The molecule has 9 heteroatoms. The van der Waals surface area contributed by atoms with Gasteiger partial charge in [-0.3, -0.25) is 9.78 Å². The van der Waals surface area contributed by atoms with Crippen LogP contribution in [0.4, 0.5) is 10.1 Å². The number of ether oxygens (including phenoxy) is 1. The number of hydrogen-bond acceptors (Lipinski definition) is 5. The van der Waals surface area contributed by atoms with Crippen molar-refractivity contribution in [3.05, 3.63) is 76.8 Å². The molecule has 1 N–H and O–H groups in total. The number of nitrogens with one attached hydrogen (secondary N) is 1. The number of hydrogen-bond donors (Lipinski definition) is 1. The Bertz CT molecular complexity index is 1220. The predicted octanol–water partition coefficient (Wildman–Crippen LogP) is 4.35. The van der Waals surface area contributed by atoms with Gasteiger partial charge in [-0.1, -0.05) is 11.6 Å². The van der Waals surface area contributed by atoms with E-state index < -0.39 is 21.6 Å². The number of halogens is 2. The van der Waals surface area contributed by atoms with E-state index in [1.165, 1.54) is 49.8 Å². The molecule has 1 heterocycles. The van der Waals surface area contributed by atoms with E-state index in [1.54, 1.807) is 12.1 Å². The van der Waals surface area contributed by atoms with Gasteiger partial charge in [0.25, 0.3) is 5.91 Å². The fourth-order valence-corrected chi connectivity index (χ4v) is 4.01. The van der Waals surface area contributed by atoms with Crippen LogP contribution in [0, 0.1) is 5.82 Å². The molecule has 2 aromatic carbocycles. The average Bonchev–Trinajstić information content (AvgIpc) is 2.66. The number of methoxy groups -OCH3 is 1. The van der Waals surface area contributed by atoms with E-state index in [4.69, 9.17) is 16.3 Å². The minimum atomic E-state index is -3.29. The first-order chi connectivity index (χ1) is 14.2. The van der Waals surface area contributed by atoms with Crippen LogP contribution < -0.4 is 10.1 Å². The maximum atomic E-state index is 13.6. The van der Waals surface area contributed by atoms with Crippen LogP contribution in [0.2, 0.25) is 5.02 Å². The standard InChI is InChI=1S/C21H18ClFN2O4S/c1-29-20-10-16(23)3-4-18(20)17-5-6-24-11-19(17)25-21(26)14-7-13(8-15(22)9-14)12-30(2,27)28/h3-11H,12H2,1-2H3,(H,25,26). The number of carbonyl (C=O) groups is 1. The summed E-state index contributed by atoms with van der Waals surface area (Å²) in [4.78, 5) is 16.9. The van der Waals surface area contributed by atoms with Crippen molar-refractivity contribution in [2.24, 2.45) is 0 Å². The topological polar surface area (TPSA) is 85.4 Å². The quantitative estimate of drug-likeness (QED) is 0.606. The maximum absolute atomic E-state index is 13.6. The van der Waals surface area contributed by atoms with Crippen molar-refractivity contribution in [1.82, 2.24) is 4.98 Å². The maximum Gasteiger partial charge on any atom is 0.255 e. The number of carbonyl (C=O) groups excluding carboxylic acids is 1. The lowest BCUT2D eigenvalue weighted by molar-refractivity contribution is 0.102. The molecular formula is C21H18ClFN2O4S. The second-order valence-electron chi connectivity index (χ2n) is 6.64. The van der Waals surface area contributed by atoms with Crippen molar-refractivity contribution in [2.45, 2.75) is 5.75 Å². The highest BCUT2D eigenvalue weighted by atomic mass is 35.5. The van der Waals surface area contributed by atoms with Crippen molar-refractivity contribution in [3.8, 4) is 16.9 Å². The van der Waals surface area contributed by atoms with Crippen LogP contribution in [-0.2, 0) is 15.6 Å². The van der Waals surface area contributed by atoms with E-state index in [-0.39, 0.29) is 16.3 Å². The third-order valence-electron chi connectivity index (χ3n) is 4.17. The number of nitrogens with zero attached hydrogens (tertiary/aromatic N) is 1. The van der Waals surface area contributed by atoms with Gasteiger partial charge in [0.05, 0.1) is 24.7 Å². The molecule has 0 bridgehead atoms. The fourth-order valence-electron chi connectivity index (χ4n) is 2.98. The molecule has 3 aromatic rings. The molecule has 0 aliphatic heterocycles. The number of rotatable bonds is 6. The van der Waals surface area contributed by atoms with Gasteiger partial charge in [-0.2, -0.15) is 0 Å². The molecule has 0 saturated carbocycles.